The van der Waals surface area contributed by atoms with Gasteiger partial charge in [-0.25, -0.2) is 4.98 Å². The first-order valence-corrected chi connectivity index (χ1v) is 5.59. The fraction of sp³-hybridized carbons (Fsp3) is 0.214. The van der Waals surface area contributed by atoms with Crippen LogP contribution in [0.4, 0.5) is 0 Å². The van der Waals surface area contributed by atoms with Crippen LogP contribution in [0.15, 0.2) is 24.4 Å². The number of rotatable bonds is 2. The van der Waals surface area contributed by atoms with E-state index in [0.29, 0.717) is 5.69 Å². The molecular weight excluding hydrogens is 226 g/mol. The molecule has 18 heavy (non-hydrogen) atoms. The highest BCUT2D eigenvalue weighted by atomic mass is 16.5. The maximum atomic E-state index is 8.79. The maximum absolute atomic E-state index is 8.79. The topological polar surface area (TPSA) is 58.8 Å². The largest absolute Gasteiger partial charge is 0.424 e. The van der Waals surface area contributed by atoms with E-state index in [1.807, 2.05) is 39.0 Å². The normalized spacial score (nSPS) is 9.89. The van der Waals surface area contributed by atoms with Crippen molar-refractivity contribution in [3.05, 3.63) is 46.8 Å². The lowest BCUT2D eigenvalue weighted by molar-refractivity contribution is 0.434. The molecule has 0 spiro atoms. The van der Waals surface area contributed by atoms with Crippen molar-refractivity contribution in [1.82, 2.24) is 9.97 Å². The Morgan fingerprint density at radius 2 is 1.83 bits per heavy atom. The summed E-state index contributed by atoms with van der Waals surface area (Å²) in [5.41, 5.74) is 3.51. The summed E-state index contributed by atoms with van der Waals surface area (Å²) >= 11 is 0. The van der Waals surface area contributed by atoms with Gasteiger partial charge in [-0.1, -0.05) is 12.1 Å². The summed E-state index contributed by atoms with van der Waals surface area (Å²) < 4.78 is 5.69. The number of ether oxygens (including phenoxy) is 1. The molecule has 1 aromatic heterocycles. The van der Waals surface area contributed by atoms with Crippen molar-refractivity contribution in [2.24, 2.45) is 0 Å². The number of nitrogens with zero attached hydrogens (tertiary/aromatic N) is 3. The molecule has 0 bridgehead atoms. The first-order valence-electron chi connectivity index (χ1n) is 5.59. The monoisotopic (exact) mass is 239 g/mol. The predicted octanol–water partition coefficient (Wildman–Crippen LogP) is 3.07. The summed E-state index contributed by atoms with van der Waals surface area (Å²) in [4.78, 5) is 8.01. The Hall–Kier alpha value is -2.41. The summed E-state index contributed by atoms with van der Waals surface area (Å²) in [5, 5.41) is 8.79. The minimum absolute atomic E-state index is 0.200. The molecule has 0 aliphatic carbocycles. The number of hydrogen-bond donors (Lipinski definition) is 0. The Bertz CT molecular complexity index is 629. The van der Waals surface area contributed by atoms with Gasteiger partial charge >= 0.3 is 6.01 Å². The Balaban J connectivity index is 2.40. The van der Waals surface area contributed by atoms with Crippen molar-refractivity contribution >= 4 is 0 Å². The van der Waals surface area contributed by atoms with E-state index in [1.165, 1.54) is 6.20 Å². The Morgan fingerprint density at radius 1 is 1.11 bits per heavy atom. The van der Waals surface area contributed by atoms with Gasteiger partial charge in [-0.2, -0.15) is 10.2 Å². The van der Waals surface area contributed by atoms with E-state index in [2.05, 4.69) is 9.97 Å². The van der Waals surface area contributed by atoms with E-state index in [1.54, 1.807) is 6.07 Å². The van der Waals surface area contributed by atoms with Gasteiger partial charge in [-0.15, -0.1) is 0 Å². The average molecular weight is 239 g/mol. The van der Waals surface area contributed by atoms with Crippen molar-refractivity contribution in [2.45, 2.75) is 20.8 Å². The lowest BCUT2D eigenvalue weighted by Crippen LogP contribution is -1.98. The number of aromatic nitrogens is 2. The zero-order valence-electron chi connectivity index (χ0n) is 10.6. The molecule has 0 unspecified atom stereocenters. The van der Waals surface area contributed by atoms with E-state index in [-0.39, 0.29) is 6.01 Å². The molecule has 0 fully saturated rings. The SMILES string of the molecule is Cc1ccc(C)c(Oc2nccc(C#N)n2)c1C. The van der Waals surface area contributed by atoms with Gasteiger partial charge < -0.3 is 4.74 Å². The minimum Gasteiger partial charge on any atom is -0.424 e. The van der Waals surface area contributed by atoms with Gasteiger partial charge in [0.1, 0.15) is 17.5 Å². The van der Waals surface area contributed by atoms with Crippen LogP contribution >= 0.6 is 0 Å². The third-order valence-corrected chi connectivity index (χ3v) is 2.81. The zero-order valence-corrected chi connectivity index (χ0v) is 10.6. The smallest absolute Gasteiger partial charge is 0.323 e. The van der Waals surface area contributed by atoms with E-state index in [0.717, 1.165) is 22.4 Å². The standard InChI is InChI=1S/C14H13N3O/c1-9-4-5-10(2)13(11(9)3)18-14-16-7-6-12(8-15)17-14/h4-7H,1-3H3. The van der Waals surface area contributed by atoms with E-state index in [4.69, 9.17) is 10.00 Å². The predicted molar refractivity (Wildman–Crippen MR) is 67.5 cm³/mol. The van der Waals surface area contributed by atoms with Crippen LogP contribution in [0.2, 0.25) is 0 Å². The molecule has 2 rings (SSSR count). The highest BCUT2D eigenvalue weighted by Crippen LogP contribution is 2.28. The number of nitriles is 1. The molecule has 1 aromatic carbocycles. The van der Waals surface area contributed by atoms with E-state index in [9.17, 15) is 0 Å². The fourth-order valence-electron chi connectivity index (χ4n) is 1.63. The summed E-state index contributed by atoms with van der Waals surface area (Å²) in [6, 6.07) is 7.74. The van der Waals surface area contributed by atoms with Crippen LogP contribution in [0.25, 0.3) is 0 Å². The Labute approximate surface area is 106 Å². The highest BCUT2D eigenvalue weighted by molar-refractivity contribution is 5.45. The van der Waals surface area contributed by atoms with Crippen molar-refractivity contribution in [3.63, 3.8) is 0 Å². The van der Waals surface area contributed by atoms with Crippen molar-refractivity contribution < 1.29 is 4.74 Å². The number of hydrogen-bond acceptors (Lipinski definition) is 4. The van der Waals surface area contributed by atoms with Gasteiger partial charge in [0.15, 0.2) is 0 Å². The first-order chi connectivity index (χ1) is 8.61. The lowest BCUT2D eigenvalue weighted by Gasteiger charge is -2.12. The molecule has 0 saturated heterocycles. The summed E-state index contributed by atoms with van der Waals surface area (Å²) in [5.74, 6) is 0.755. The van der Waals surface area contributed by atoms with Gasteiger partial charge in [0.25, 0.3) is 0 Å². The molecule has 90 valence electrons. The van der Waals surface area contributed by atoms with Crippen LogP contribution in [-0.2, 0) is 0 Å². The zero-order chi connectivity index (χ0) is 13.1. The summed E-state index contributed by atoms with van der Waals surface area (Å²) in [6.07, 6.45) is 1.52. The second-order valence-corrected chi connectivity index (χ2v) is 4.09. The number of benzene rings is 1. The van der Waals surface area contributed by atoms with E-state index < -0.39 is 0 Å². The molecule has 0 aliphatic heterocycles. The van der Waals surface area contributed by atoms with Crippen molar-refractivity contribution in [3.8, 4) is 17.8 Å². The van der Waals surface area contributed by atoms with E-state index >= 15 is 0 Å². The molecule has 0 amide bonds. The Morgan fingerprint density at radius 3 is 2.56 bits per heavy atom. The Kier molecular flexibility index (Phi) is 3.24. The van der Waals surface area contributed by atoms with Gasteiger partial charge in [0.05, 0.1) is 0 Å². The average Bonchev–Trinajstić information content (AvgIpc) is 2.39. The first kappa shape index (κ1) is 12.1. The molecule has 0 saturated carbocycles. The maximum Gasteiger partial charge on any atom is 0.323 e. The molecule has 4 nitrogen and oxygen atoms in total. The van der Waals surface area contributed by atoms with Crippen molar-refractivity contribution in [2.75, 3.05) is 0 Å². The molecule has 0 atom stereocenters. The quantitative estimate of drug-likeness (QED) is 0.808. The van der Waals surface area contributed by atoms with Gasteiger partial charge in [0, 0.05) is 6.20 Å². The fourth-order valence-corrected chi connectivity index (χ4v) is 1.63. The van der Waals surface area contributed by atoms with Gasteiger partial charge in [-0.05, 0) is 43.5 Å². The molecule has 1 heterocycles. The molecule has 0 aliphatic rings. The second-order valence-electron chi connectivity index (χ2n) is 4.09. The van der Waals surface area contributed by atoms with Crippen LogP contribution in [0.5, 0.6) is 11.8 Å². The van der Waals surface area contributed by atoms with Gasteiger partial charge in [0.2, 0.25) is 0 Å². The number of aryl methyl sites for hydroxylation is 2. The van der Waals surface area contributed by atoms with Crippen LogP contribution in [0.1, 0.15) is 22.4 Å². The third kappa shape index (κ3) is 2.30. The minimum atomic E-state index is 0.200. The second kappa shape index (κ2) is 4.84. The van der Waals surface area contributed by atoms with Gasteiger partial charge in [-0.3, -0.25) is 0 Å². The van der Waals surface area contributed by atoms with Crippen LogP contribution in [0.3, 0.4) is 0 Å². The molecular formula is C14H13N3O. The third-order valence-electron chi connectivity index (χ3n) is 2.81. The molecule has 0 radical (unpaired) electrons. The lowest BCUT2D eigenvalue weighted by atomic mass is 10.1. The summed E-state index contributed by atoms with van der Waals surface area (Å²) in [6.45, 7) is 5.98. The van der Waals surface area contributed by atoms with Crippen molar-refractivity contribution in [1.29, 1.82) is 5.26 Å². The van der Waals surface area contributed by atoms with Crippen LogP contribution in [-0.4, -0.2) is 9.97 Å². The highest BCUT2D eigenvalue weighted by Gasteiger charge is 2.09. The van der Waals surface area contributed by atoms with Crippen LogP contribution in [0, 0.1) is 32.1 Å². The molecule has 4 heteroatoms. The molecule has 2 aromatic rings. The summed E-state index contributed by atoms with van der Waals surface area (Å²) in [7, 11) is 0. The van der Waals surface area contributed by atoms with Crippen LogP contribution < -0.4 is 4.74 Å². The molecule has 0 N–H and O–H groups in total.